The summed E-state index contributed by atoms with van der Waals surface area (Å²) in [5.41, 5.74) is 1.15. The van der Waals surface area contributed by atoms with Gasteiger partial charge in [0.15, 0.2) is 17.3 Å². The normalized spacial score (nSPS) is 18.8. The number of rotatable bonds is 3. The van der Waals surface area contributed by atoms with Gasteiger partial charge in [0.1, 0.15) is 5.52 Å². The predicted molar refractivity (Wildman–Crippen MR) is 84.1 cm³/mol. The number of para-hydroxylation sites is 2. The Morgan fingerprint density at radius 3 is 2.96 bits per heavy atom. The number of nitrogens with zero attached hydrogens (tertiary/aromatic N) is 3. The number of carbonyl (C=O) groups is 2. The highest BCUT2D eigenvalue weighted by atomic mass is 16.5. The van der Waals surface area contributed by atoms with Crippen molar-refractivity contribution < 1.29 is 18.7 Å². The number of fused-ring (bicyclic) bond motifs is 1. The van der Waals surface area contributed by atoms with Crippen molar-refractivity contribution in [3.05, 3.63) is 30.2 Å². The van der Waals surface area contributed by atoms with Gasteiger partial charge in [0.25, 0.3) is 0 Å². The number of amides is 1. The summed E-state index contributed by atoms with van der Waals surface area (Å²) in [6.45, 7) is 0.806. The average Bonchev–Trinajstić information content (AvgIpc) is 3.05. The van der Waals surface area contributed by atoms with Crippen LogP contribution in [0, 0.1) is 17.2 Å². The molecule has 0 unspecified atom stereocenters. The van der Waals surface area contributed by atoms with E-state index in [4.69, 9.17) is 9.15 Å². The summed E-state index contributed by atoms with van der Waals surface area (Å²) < 4.78 is 10.3. The van der Waals surface area contributed by atoms with Gasteiger partial charge in [-0.25, -0.2) is 9.78 Å². The minimum absolute atomic E-state index is 0.110. The molecular formula is C17H17N3O4. The van der Waals surface area contributed by atoms with E-state index in [1.807, 2.05) is 12.1 Å². The van der Waals surface area contributed by atoms with Crippen LogP contribution in [0.25, 0.3) is 11.1 Å². The summed E-state index contributed by atoms with van der Waals surface area (Å²) in [6, 6.07) is 9.11. The van der Waals surface area contributed by atoms with Crippen LogP contribution in [0.1, 0.15) is 24.7 Å². The molecule has 1 fully saturated rings. The van der Waals surface area contributed by atoms with Gasteiger partial charge in [0.2, 0.25) is 5.89 Å². The molecule has 124 valence electrons. The van der Waals surface area contributed by atoms with Gasteiger partial charge in [-0.15, -0.1) is 0 Å². The van der Waals surface area contributed by atoms with Crippen molar-refractivity contribution in [2.24, 2.45) is 5.92 Å². The molecule has 0 saturated carbocycles. The zero-order valence-electron chi connectivity index (χ0n) is 13.3. The Balaban J connectivity index is 1.81. The first-order chi connectivity index (χ1) is 11.6. The van der Waals surface area contributed by atoms with E-state index in [-0.39, 0.29) is 18.2 Å². The molecule has 7 heteroatoms. The molecule has 3 rings (SSSR count). The van der Waals surface area contributed by atoms with Crippen LogP contribution in [0.15, 0.2) is 28.7 Å². The van der Waals surface area contributed by atoms with Crippen molar-refractivity contribution in [2.45, 2.75) is 18.8 Å². The topological polar surface area (TPSA) is 96.4 Å². The largest absolute Gasteiger partial charge is 0.453 e. The third-order valence-corrected chi connectivity index (χ3v) is 4.23. The highest BCUT2D eigenvalue weighted by Crippen LogP contribution is 2.28. The maximum Gasteiger partial charge on any atom is 0.409 e. The minimum atomic E-state index is -1.07. The Hall–Kier alpha value is -2.88. The van der Waals surface area contributed by atoms with Crippen molar-refractivity contribution in [2.75, 3.05) is 20.2 Å². The van der Waals surface area contributed by atoms with Crippen LogP contribution in [0.5, 0.6) is 0 Å². The maximum atomic E-state index is 12.8. The molecule has 1 aromatic heterocycles. The van der Waals surface area contributed by atoms with E-state index in [2.05, 4.69) is 4.98 Å². The molecule has 0 radical (unpaired) electrons. The van der Waals surface area contributed by atoms with E-state index >= 15 is 0 Å². The monoisotopic (exact) mass is 327 g/mol. The smallest absolute Gasteiger partial charge is 0.409 e. The highest BCUT2D eigenvalue weighted by Gasteiger charge is 2.35. The van der Waals surface area contributed by atoms with Crippen LogP contribution in [-0.2, 0) is 9.53 Å². The number of nitriles is 1. The fraction of sp³-hybridized carbons (Fsp3) is 0.412. The number of methoxy groups -OCH3 is 1. The number of oxazole rings is 1. The van der Waals surface area contributed by atoms with E-state index < -0.39 is 17.9 Å². The number of carbonyl (C=O) groups excluding carboxylic acids is 2. The third-order valence-electron chi connectivity index (χ3n) is 4.23. The molecule has 0 N–H and O–H groups in total. The van der Waals surface area contributed by atoms with E-state index in [9.17, 15) is 14.9 Å². The first-order valence-corrected chi connectivity index (χ1v) is 7.75. The molecule has 1 saturated heterocycles. The van der Waals surface area contributed by atoms with Gasteiger partial charge in [-0.3, -0.25) is 4.79 Å². The fourth-order valence-electron chi connectivity index (χ4n) is 2.99. The van der Waals surface area contributed by atoms with Crippen molar-refractivity contribution in [3.8, 4) is 6.07 Å². The van der Waals surface area contributed by atoms with E-state index in [1.165, 1.54) is 12.0 Å². The molecule has 0 bridgehead atoms. The summed E-state index contributed by atoms with van der Waals surface area (Å²) in [6.07, 6.45) is 0.866. The first-order valence-electron chi connectivity index (χ1n) is 7.75. The van der Waals surface area contributed by atoms with Crippen LogP contribution in [0.3, 0.4) is 0 Å². The van der Waals surface area contributed by atoms with Gasteiger partial charge < -0.3 is 14.1 Å². The second kappa shape index (κ2) is 6.71. The van der Waals surface area contributed by atoms with Gasteiger partial charge >= 0.3 is 6.09 Å². The molecule has 0 spiro atoms. The Kier molecular flexibility index (Phi) is 4.47. The molecule has 1 aromatic carbocycles. The molecule has 24 heavy (non-hydrogen) atoms. The van der Waals surface area contributed by atoms with Crippen molar-refractivity contribution in [3.63, 3.8) is 0 Å². The number of hydrogen-bond donors (Lipinski definition) is 0. The lowest BCUT2D eigenvalue weighted by atomic mass is 9.87. The number of ether oxygens (including phenoxy) is 1. The lowest BCUT2D eigenvalue weighted by Crippen LogP contribution is -2.43. The maximum absolute atomic E-state index is 12.8. The van der Waals surface area contributed by atoms with Gasteiger partial charge in [0.05, 0.1) is 13.2 Å². The van der Waals surface area contributed by atoms with E-state index in [0.29, 0.717) is 30.5 Å². The fourth-order valence-corrected chi connectivity index (χ4v) is 2.99. The standard InChI is InChI=1S/C17H17N3O4/c1-23-17(22)20-8-4-5-11(10-20)15(21)12(9-18)16-19-13-6-2-3-7-14(13)24-16/h2-3,6-7,11-12H,4-5,8,10H2,1H3/t11-,12-/m1/s1. The summed E-state index contributed by atoms with van der Waals surface area (Å²) in [4.78, 5) is 30.2. The zero-order valence-corrected chi connectivity index (χ0v) is 13.3. The zero-order chi connectivity index (χ0) is 17.1. The van der Waals surface area contributed by atoms with E-state index in [1.54, 1.807) is 18.2 Å². The van der Waals surface area contributed by atoms with Gasteiger partial charge in [-0.1, -0.05) is 12.1 Å². The Bertz CT molecular complexity index is 775. The lowest BCUT2D eigenvalue weighted by Gasteiger charge is -2.31. The van der Waals surface area contributed by atoms with Crippen LogP contribution < -0.4 is 0 Å². The Morgan fingerprint density at radius 2 is 2.25 bits per heavy atom. The number of hydrogen-bond acceptors (Lipinski definition) is 6. The van der Waals surface area contributed by atoms with Gasteiger partial charge in [-0.05, 0) is 25.0 Å². The SMILES string of the molecule is COC(=O)N1CCC[C@@H](C(=O)[C@@H](C#N)c2nc3ccccc3o2)C1. The van der Waals surface area contributed by atoms with Crippen molar-refractivity contribution in [1.29, 1.82) is 5.26 Å². The molecule has 1 aliphatic rings. The second-order valence-electron chi connectivity index (χ2n) is 5.74. The van der Waals surface area contributed by atoms with Gasteiger partial charge in [0, 0.05) is 19.0 Å². The summed E-state index contributed by atoms with van der Waals surface area (Å²) in [5, 5.41) is 9.45. The molecule has 1 aliphatic heterocycles. The van der Waals surface area contributed by atoms with Crippen LogP contribution in [-0.4, -0.2) is 42.0 Å². The summed E-state index contributed by atoms with van der Waals surface area (Å²) >= 11 is 0. The molecule has 7 nitrogen and oxygen atoms in total. The Labute approximate surface area is 138 Å². The number of benzene rings is 1. The second-order valence-corrected chi connectivity index (χ2v) is 5.74. The average molecular weight is 327 g/mol. The molecule has 0 aliphatic carbocycles. The Morgan fingerprint density at radius 1 is 1.46 bits per heavy atom. The third kappa shape index (κ3) is 2.95. The summed E-state index contributed by atoms with van der Waals surface area (Å²) in [5.74, 6) is -1.64. The van der Waals surface area contributed by atoms with Crippen molar-refractivity contribution in [1.82, 2.24) is 9.88 Å². The van der Waals surface area contributed by atoms with Crippen LogP contribution in [0.4, 0.5) is 4.79 Å². The molecular weight excluding hydrogens is 310 g/mol. The molecule has 1 amide bonds. The minimum Gasteiger partial charge on any atom is -0.453 e. The summed E-state index contributed by atoms with van der Waals surface area (Å²) in [7, 11) is 1.31. The number of piperidine rings is 1. The first kappa shape index (κ1) is 16.0. The van der Waals surface area contributed by atoms with Crippen molar-refractivity contribution >= 4 is 23.0 Å². The van der Waals surface area contributed by atoms with E-state index in [0.717, 1.165) is 0 Å². The number of ketones is 1. The van der Waals surface area contributed by atoms with Gasteiger partial charge in [-0.2, -0.15) is 5.26 Å². The highest BCUT2D eigenvalue weighted by molar-refractivity contribution is 5.90. The van der Waals surface area contributed by atoms with Crippen LogP contribution in [0.2, 0.25) is 0 Å². The molecule has 2 heterocycles. The number of Topliss-reactive ketones (excluding diaryl/α,β-unsaturated/α-hetero) is 1. The number of aromatic nitrogens is 1. The number of likely N-dealkylation sites (tertiary alicyclic amines) is 1. The molecule has 2 atom stereocenters. The lowest BCUT2D eigenvalue weighted by molar-refractivity contribution is -0.124. The quantitative estimate of drug-likeness (QED) is 0.859. The predicted octanol–water partition coefficient (Wildman–Crippen LogP) is 2.48. The molecule has 2 aromatic rings. The van der Waals surface area contributed by atoms with Crippen LogP contribution >= 0.6 is 0 Å².